The molecule has 6 nitrogen and oxygen atoms in total. The van der Waals surface area contributed by atoms with Crippen LogP contribution >= 0.6 is 11.6 Å². The lowest BCUT2D eigenvalue weighted by Gasteiger charge is -2.15. The Balaban J connectivity index is 1.68. The van der Waals surface area contributed by atoms with E-state index in [1.165, 1.54) is 5.56 Å². The van der Waals surface area contributed by atoms with Crippen LogP contribution in [0.1, 0.15) is 52.9 Å². The molecule has 2 atom stereocenters. The first-order valence-corrected chi connectivity index (χ1v) is 11.5. The minimum atomic E-state index is -0.803. The molecule has 0 unspecified atom stereocenters. The van der Waals surface area contributed by atoms with Gasteiger partial charge in [-0.15, -0.1) is 10.1 Å². The van der Waals surface area contributed by atoms with Gasteiger partial charge < -0.3 is 10.1 Å². The lowest BCUT2D eigenvalue weighted by Crippen LogP contribution is -2.42. The monoisotopic (exact) mass is 476 g/mol. The second-order valence-corrected chi connectivity index (χ2v) is 8.95. The standard InChI is InChI=1S/C27H26ClN3O3/c1-17(2)19-6-4-18(5-7-19)16-31-25(20-10-14-23(34-3)15-11-20)24(27(33)30-31)29-26(32)21-8-12-22(28)13-9-21/h4-17,24-25H,1-3H3,(H-,29,30,32,33)/p+1/b31-16-/t24-,25-/m0/s1. The van der Waals surface area contributed by atoms with Crippen molar-refractivity contribution in [3.05, 3.63) is 100 Å². The molecule has 3 aromatic carbocycles. The third-order valence-electron chi connectivity index (χ3n) is 5.88. The maximum absolute atomic E-state index is 13.0. The van der Waals surface area contributed by atoms with Crippen molar-refractivity contribution in [1.82, 2.24) is 10.7 Å². The van der Waals surface area contributed by atoms with Crippen molar-refractivity contribution >= 4 is 29.6 Å². The highest BCUT2D eigenvalue weighted by molar-refractivity contribution is 6.30. The molecule has 0 aromatic heterocycles. The Bertz CT molecular complexity index is 1200. The van der Waals surface area contributed by atoms with E-state index >= 15 is 0 Å². The van der Waals surface area contributed by atoms with Gasteiger partial charge in [0.25, 0.3) is 5.91 Å². The van der Waals surface area contributed by atoms with Crippen LogP contribution in [-0.4, -0.2) is 35.9 Å². The van der Waals surface area contributed by atoms with E-state index in [-0.39, 0.29) is 11.8 Å². The molecule has 34 heavy (non-hydrogen) atoms. The molecule has 0 saturated carbocycles. The first-order chi connectivity index (χ1) is 16.4. The summed E-state index contributed by atoms with van der Waals surface area (Å²) in [6.07, 6.45) is 1.88. The van der Waals surface area contributed by atoms with E-state index in [0.717, 1.165) is 11.1 Å². The quantitative estimate of drug-likeness (QED) is 0.515. The van der Waals surface area contributed by atoms with Crippen LogP contribution in [0, 0.1) is 0 Å². The number of hydrazine groups is 1. The highest BCUT2D eigenvalue weighted by Crippen LogP contribution is 2.27. The summed E-state index contributed by atoms with van der Waals surface area (Å²) in [4.78, 5) is 25.9. The molecule has 2 amide bonds. The second kappa shape index (κ2) is 10.1. The van der Waals surface area contributed by atoms with E-state index in [1.807, 2.05) is 42.6 Å². The summed E-state index contributed by atoms with van der Waals surface area (Å²) in [6, 6.07) is 21.0. The van der Waals surface area contributed by atoms with Crippen LogP contribution in [0.3, 0.4) is 0 Å². The lowest BCUT2D eigenvalue weighted by molar-refractivity contribution is -0.596. The van der Waals surface area contributed by atoms with Gasteiger partial charge >= 0.3 is 5.91 Å². The van der Waals surface area contributed by atoms with Crippen molar-refractivity contribution in [2.75, 3.05) is 7.11 Å². The number of nitrogens with one attached hydrogen (secondary N) is 2. The number of carbonyl (C=O) groups is 2. The van der Waals surface area contributed by atoms with Gasteiger partial charge in [0, 0.05) is 21.7 Å². The average Bonchev–Trinajstić information content (AvgIpc) is 3.14. The molecule has 4 rings (SSSR count). The van der Waals surface area contributed by atoms with Crippen LogP contribution < -0.4 is 15.5 Å². The van der Waals surface area contributed by atoms with Crippen molar-refractivity contribution in [2.24, 2.45) is 0 Å². The number of hydrogen-bond donors (Lipinski definition) is 2. The number of rotatable bonds is 6. The second-order valence-electron chi connectivity index (χ2n) is 8.51. The van der Waals surface area contributed by atoms with E-state index in [4.69, 9.17) is 16.3 Å². The Morgan fingerprint density at radius 1 is 1.03 bits per heavy atom. The van der Waals surface area contributed by atoms with Crippen molar-refractivity contribution in [3.8, 4) is 5.75 Å². The molecule has 1 heterocycles. The van der Waals surface area contributed by atoms with E-state index in [0.29, 0.717) is 22.3 Å². The molecule has 1 fully saturated rings. The number of methoxy groups -OCH3 is 1. The summed E-state index contributed by atoms with van der Waals surface area (Å²) in [5.74, 6) is 0.499. The summed E-state index contributed by atoms with van der Waals surface area (Å²) in [5, 5.41) is 3.43. The zero-order valence-corrected chi connectivity index (χ0v) is 20.0. The third-order valence-corrected chi connectivity index (χ3v) is 6.13. The largest absolute Gasteiger partial charge is 0.497 e. The fraction of sp³-hybridized carbons (Fsp3) is 0.222. The molecule has 0 spiro atoms. The number of nitrogens with zero attached hydrogens (tertiary/aromatic N) is 1. The predicted molar refractivity (Wildman–Crippen MR) is 133 cm³/mol. The Labute approximate surface area is 204 Å². The topological polar surface area (TPSA) is 70.4 Å². The lowest BCUT2D eigenvalue weighted by atomic mass is 9.99. The molecule has 1 saturated heterocycles. The van der Waals surface area contributed by atoms with Crippen LogP contribution in [0.5, 0.6) is 5.75 Å². The van der Waals surface area contributed by atoms with E-state index in [1.54, 1.807) is 36.1 Å². The summed E-state index contributed by atoms with van der Waals surface area (Å²) >= 11 is 5.94. The SMILES string of the molecule is COc1ccc([C@H]2[C@H](NC(=O)c3ccc(Cl)cc3)C(=O)N/[N+]2=C\c2ccc(C(C)C)cc2)cc1. The van der Waals surface area contributed by atoms with Gasteiger partial charge in [0.1, 0.15) is 5.75 Å². The van der Waals surface area contributed by atoms with Crippen molar-refractivity contribution in [1.29, 1.82) is 0 Å². The Morgan fingerprint density at radius 3 is 2.26 bits per heavy atom. The molecule has 174 valence electrons. The molecule has 3 aromatic rings. The van der Waals surface area contributed by atoms with Crippen molar-refractivity contribution < 1.29 is 19.0 Å². The molecule has 7 heteroatoms. The Kier molecular flexibility index (Phi) is 6.98. The van der Waals surface area contributed by atoms with Crippen LogP contribution in [0.2, 0.25) is 5.02 Å². The fourth-order valence-electron chi connectivity index (χ4n) is 3.93. The number of ether oxygens (including phenoxy) is 1. The first kappa shape index (κ1) is 23.5. The predicted octanol–water partition coefficient (Wildman–Crippen LogP) is 4.49. The van der Waals surface area contributed by atoms with E-state index in [9.17, 15) is 9.59 Å². The highest BCUT2D eigenvalue weighted by atomic mass is 35.5. The van der Waals surface area contributed by atoms with Crippen LogP contribution in [-0.2, 0) is 4.79 Å². The average molecular weight is 477 g/mol. The number of benzene rings is 3. The zero-order valence-electron chi connectivity index (χ0n) is 19.3. The molecule has 0 radical (unpaired) electrons. The third kappa shape index (κ3) is 5.13. The zero-order chi connectivity index (χ0) is 24.2. The fourth-order valence-corrected chi connectivity index (χ4v) is 4.06. The van der Waals surface area contributed by atoms with E-state index in [2.05, 4.69) is 36.7 Å². The highest BCUT2D eigenvalue weighted by Gasteiger charge is 2.47. The summed E-state index contributed by atoms with van der Waals surface area (Å²) in [6.45, 7) is 4.29. The van der Waals surface area contributed by atoms with Gasteiger partial charge in [-0.1, -0.05) is 37.6 Å². The van der Waals surface area contributed by atoms with Gasteiger partial charge in [-0.25, -0.2) is 0 Å². The molecule has 1 aliphatic rings. The van der Waals surface area contributed by atoms with Gasteiger partial charge in [0.05, 0.1) is 7.11 Å². The first-order valence-electron chi connectivity index (χ1n) is 11.1. The number of hydrogen-bond acceptors (Lipinski definition) is 3. The minimum absolute atomic E-state index is 0.293. The van der Waals surface area contributed by atoms with Crippen LogP contribution in [0.25, 0.3) is 0 Å². The summed E-state index contributed by atoms with van der Waals surface area (Å²) < 4.78 is 7.03. The number of amides is 2. The van der Waals surface area contributed by atoms with Gasteiger partial charge in [-0.2, -0.15) is 0 Å². The van der Waals surface area contributed by atoms with Gasteiger partial charge in [0.2, 0.25) is 12.3 Å². The normalized spacial score (nSPS) is 18.7. The maximum Gasteiger partial charge on any atom is 0.304 e. The molecule has 0 aliphatic carbocycles. The molecular weight excluding hydrogens is 450 g/mol. The minimum Gasteiger partial charge on any atom is -0.497 e. The Hall–Kier alpha value is -3.64. The van der Waals surface area contributed by atoms with Crippen LogP contribution in [0.4, 0.5) is 0 Å². The van der Waals surface area contributed by atoms with Gasteiger partial charge in [-0.3, -0.25) is 9.59 Å². The maximum atomic E-state index is 13.0. The molecule has 0 bridgehead atoms. The van der Waals surface area contributed by atoms with Crippen molar-refractivity contribution in [3.63, 3.8) is 0 Å². The van der Waals surface area contributed by atoms with E-state index < -0.39 is 12.1 Å². The molecule has 1 aliphatic heterocycles. The summed E-state index contributed by atoms with van der Waals surface area (Å²) in [7, 11) is 1.60. The number of halogens is 1. The summed E-state index contributed by atoms with van der Waals surface area (Å²) in [5.41, 5.74) is 6.37. The number of carbonyl (C=O) groups excluding carboxylic acids is 2. The van der Waals surface area contributed by atoms with Crippen molar-refractivity contribution in [2.45, 2.75) is 31.8 Å². The van der Waals surface area contributed by atoms with Crippen LogP contribution in [0.15, 0.2) is 72.8 Å². The van der Waals surface area contributed by atoms with Gasteiger partial charge in [-0.05, 0) is 72.1 Å². The Morgan fingerprint density at radius 2 is 1.68 bits per heavy atom. The molecule has 2 N–H and O–H groups in total. The molecular formula is C27H27ClN3O3+. The van der Waals surface area contributed by atoms with Gasteiger partial charge in [0.15, 0.2) is 6.04 Å². The number of hydrazone groups is 1. The smallest absolute Gasteiger partial charge is 0.304 e.